The molecule has 1 aliphatic rings. The van der Waals surface area contributed by atoms with Crippen LogP contribution in [0.2, 0.25) is 0 Å². The fourth-order valence-electron chi connectivity index (χ4n) is 2.31. The van der Waals surface area contributed by atoms with E-state index in [0.29, 0.717) is 32.0 Å². The molecule has 0 radical (unpaired) electrons. The number of hydrogen-bond donors (Lipinski definition) is 2. The minimum Gasteiger partial charge on any atom is -0.389 e. The van der Waals surface area contributed by atoms with Gasteiger partial charge in [-0.2, -0.15) is 13.2 Å². The lowest BCUT2D eigenvalue weighted by atomic mass is 9.85. The second-order valence-electron chi connectivity index (χ2n) is 4.96. The number of alkyl halides is 3. The summed E-state index contributed by atoms with van der Waals surface area (Å²) in [7, 11) is 0. The summed E-state index contributed by atoms with van der Waals surface area (Å²) in [6, 6.07) is 2.31. The zero-order valence-electron chi connectivity index (χ0n) is 10.2. The Morgan fingerprint density at radius 2 is 1.84 bits per heavy atom. The molecule has 0 amide bonds. The summed E-state index contributed by atoms with van der Waals surface area (Å²) in [6.07, 6.45) is -3.78. The van der Waals surface area contributed by atoms with Gasteiger partial charge in [-0.1, -0.05) is 0 Å². The van der Waals surface area contributed by atoms with Gasteiger partial charge in [-0.15, -0.1) is 0 Å². The normalized spacial score (nSPS) is 19.4. The van der Waals surface area contributed by atoms with Crippen LogP contribution in [-0.4, -0.2) is 23.8 Å². The van der Waals surface area contributed by atoms with Gasteiger partial charge in [0.1, 0.15) is 5.82 Å². The lowest BCUT2D eigenvalue weighted by Crippen LogP contribution is -2.43. The molecular formula is C13H15F4NO. The largest absolute Gasteiger partial charge is 0.416 e. The smallest absolute Gasteiger partial charge is 0.389 e. The summed E-state index contributed by atoms with van der Waals surface area (Å²) < 4.78 is 51.3. The predicted molar refractivity (Wildman–Crippen MR) is 62.2 cm³/mol. The summed E-state index contributed by atoms with van der Waals surface area (Å²) in [5.41, 5.74) is -2.10. The molecule has 0 unspecified atom stereocenters. The minimum atomic E-state index is -4.50. The minimum absolute atomic E-state index is 0.0841. The highest BCUT2D eigenvalue weighted by atomic mass is 19.4. The van der Waals surface area contributed by atoms with Gasteiger partial charge in [0.2, 0.25) is 0 Å². The Bertz CT molecular complexity index is 452. The molecule has 2 rings (SSSR count). The van der Waals surface area contributed by atoms with Gasteiger partial charge in [0, 0.05) is 6.42 Å². The maximum atomic E-state index is 13.6. The Morgan fingerprint density at radius 3 is 2.42 bits per heavy atom. The predicted octanol–water partition coefficient (Wildman–Crippen LogP) is 2.50. The lowest BCUT2D eigenvalue weighted by molar-refractivity contribution is -0.137. The zero-order valence-corrected chi connectivity index (χ0v) is 10.2. The van der Waals surface area contributed by atoms with Gasteiger partial charge in [-0.3, -0.25) is 0 Å². The third kappa shape index (κ3) is 3.45. The van der Waals surface area contributed by atoms with Gasteiger partial charge < -0.3 is 10.4 Å². The summed E-state index contributed by atoms with van der Waals surface area (Å²) in [5.74, 6) is -0.708. The number of benzene rings is 1. The van der Waals surface area contributed by atoms with Crippen LogP contribution in [0.1, 0.15) is 24.0 Å². The van der Waals surface area contributed by atoms with Crippen LogP contribution in [-0.2, 0) is 12.6 Å². The number of rotatable bonds is 2. The molecule has 1 fully saturated rings. The van der Waals surface area contributed by atoms with E-state index < -0.39 is 23.2 Å². The van der Waals surface area contributed by atoms with Crippen molar-refractivity contribution in [2.45, 2.75) is 31.0 Å². The Balaban J connectivity index is 2.24. The summed E-state index contributed by atoms with van der Waals surface area (Å²) in [6.45, 7) is 1.16. The molecule has 106 valence electrons. The van der Waals surface area contributed by atoms with Crippen LogP contribution in [0.3, 0.4) is 0 Å². The highest BCUT2D eigenvalue weighted by Gasteiger charge is 2.34. The summed E-state index contributed by atoms with van der Waals surface area (Å²) >= 11 is 0. The fourth-order valence-corrected chi connectivity index (χ4v) is 2.31. The summed E-state index contributed by atoms with van der Waals surface area (Å²) in [4.78, 5) is 0. The van der Waals surface area contributed by atoms with Gasteiger partial charge >= 0.3 is 6.18 Å². The molecule has 1 aromatic carbocycles. The number of hydrogen-bond acceptors (Lipinski definition) is 2. The molecule has 0 spiro atoms. The fraction of sp³-hybridized carbons (Fsp3) is 0.538. The van der Waals surface area contributed by atoms with Crippen LogP contribution >= 0.6 is 0 Å². The standard InChI is InChI=1S/C13H15F4NO/c14-11-2-1-10(13(15,16)17)7-9(11)8-12(19)3-5-18-6-4-12/h1-2,7,18-19H,3-6,8H2. The first kappa shape index (κ1) is 14.3. The molecule has 0 saturated carbocycles. The first-order valence-corrected chi connectivity index (χ1v) is 6.09. The van der Waals surface area contributed by atoms with E-state index in [1.165, 1.54) is 0 Å². The Kier molecular flexibility index (Phi) is 3.82. The Morgan fingerprint density at radius 1 is 1.21 bits per heavy atom. The molecule has 1 saturated heterocycles. The van der Waals surface area contributed by atoms with Crippen molar-refractivity contribution in [3.8, 4) is 0 Å². The molecule has 0 atom stereocenters. The molecular weight excluding hydrogens is 262 g/mol. The number of piperidine rings is 1. The Labute approximate surface area is 108 Å². The molecule has 2 N–H and O–H groups in total. The van der Waals surface area contributed by atoms with Gasteiger partial charge in [0.15, 0.2) is 0 Å². The molecule has 2 nitrogen and oxygen atoms in total. The second-order valence-corrected chi connectivity index (χ2v) is 4.96. The molecule has 0 aromatic heterocycles. The molecule has 0 aliphatic carbocycles. The van der Waals surface area contributed by atoms with Gasteiger partial charge in [0.05, 0.1) is 11.2 Å². The van der Waals surface area contributed by atoms with Crippen molar-refractivity contribution in [2.24, 2.45) is 0 Å². The van der Waals surface area contributed by atoms with Gasteiger partial charge in [-0.25, -0.2) is 4.39 Å². The SMILES string of the molecule is OC1(Cc2cc(C(F)(F)F)ccc2F)CCNCC1. The maximum Gasteiger partial charge on any atom is 0.416 e. The van der Waals surface area contributed by atoms with Gasteiger partial charge in [-0.05, 0) is 49.7 Å². The average Bonchev–Trinajstić information content (AvgIpc) is 2.31. The van der Waals surface area contributed by atoms with Crippen LogP contribution in [0.5, 0.6) is 0 Å². The van der Waals surface area contributed by atoms with Crippen LogP contribution in [0.15, 0.2) is 18.2 Å². The molecule has 6 heteroatoms. The van der Waals surface area contributed by atoms with E-state index in [2.05, 4.69) is 5.32 Å². The van der Waals surface area contributed by atoms with E-state index in [1.807, 2.05) is 0 Å². The van der Waals surface area contributed by atoms with Crippen molar-refractivity contribution >= 4 is 0 Å². The van der Waals surface area contributed by atoms with E-state index >= 15 is 0 Å². The highest BCUT2D eigenvalue weighted by molar-refractivity contribution is 5.28. The van der Waals surface area contributed by atoms with E-state index in [-0.39, 0.29) is 12.0 Å². The van der Waals surface area contributed by atoms with Crippen molar-refractivity contribution in [3.63, 3.8) is 0 Å². The van der Waals surface area contributed by atoms with Crippen molar-refractivity contribution in [1.82, 2.24) is 5.32 Å². The van der Waals surface area contributed by atoms with Crippen LogP contribution in [0.25, 0.3) is 0 Å². The highest BCUT2D eigenvalue weighted by Crippen LogP contribution is 2.32. The van der Waals surface area contributed by atoms with Crippen molar-refractivity contribution < 1.29 is 22.7 Å². The lowest BCUT2D eigenvalue weighted by Gasteiger charge is -2.32. The molecule has 0 bridgehead atoms. The van der Waals surface area contributed by atoms with Crippen LogP contribution in [0.4, 0.5) is 17.6 Å². The first-order valence-electron chi connectivity index (χ1n) is 6.09. The van der Waals surface area contributed by atoms with Crippen LogP contribution in [0, 0.1) is 5.82 Å². The van der Waals surface area contributed by atoms with Crippen molar-refractivity contribution in [3.05, 3.63) is 35.1 Å². The average molecular weight is 277 g/mol. The van der Waals surface area contributed by atoms with E-state index in [1.54, 1.807) is 0 Å². The van der Waals surface area contributed by atoms with Crippen LogP contribution < -0.4 is 5.32 Å². The van der Waals surface area contributed by atoms with E-state index in [4.69, 9.17) is 0 Å². The van der Waals surface area contributed by atoms with Crippen molar-refractivity contribution in [1.29, 1.82) is 0 Å². The number of halogens is 4. The monoisotopic (exact) mass is 277 g/mol. The summed E-state index contributed by atoms with van der Waals surface area (Å²) in [5, 5.41) is 13.3. The molecule has 1 heterocycles. The maximum absolute atomic E-state index is 13.6. The van der Waals surface area contributed by atoms with E-state index in [9.17, 15) is 22.7 Å². The quantitative estimate of drug-likeness (QED) is 0.814. The number of aliphatic hydroxyl groups is 1. The molecule has 19 heavy (non-hydrogen) atoms. The Hall–Kier alpha value is -1.14. The van der Waals surface area contributed by atoms with E-state index in [0.717, 1.165) is 12.1 Å². The topological polar surface area (TPSA) is 32.3 Å². The van der Waals surface area contributed by atoms with Gasteiger partial charge in [0.25, 0.3) is 0 Å². The molecule has 1 aromatic rings. The van der Waals surface area contributed by atoms with Crippen molar-refractivity contribution in [2.75, 3.05) is 13.1 Å². The molecule has 1 aliphatic heterocycles. The first-order chi connectivity index (χ1) is 8.80. The third-order valence-electron chi connectivity index (χ3n) is 3.43. The second kappa shape index (κ2) is 5.09. The zero-order chi connectivity index (χ0) is 14.1. The number of nitrogens with one attached hydrogen (secondary N) is 1. The third-order valence-corrected chi connectivity index (χ3v) is 3.43.